The lowest BCUT2D eigenvalue weighted by Gasteiger charge is -2.36. The standard InChI is InChI=1S/C16H31N3O2/c1-13(2)10-18-8-5-15(6-9-18)17-16(21)19-7-3-4-14(11-19)12-20/h13-15,20H,3-12H2,1-2H3,(H,17,21). The highest BCUT2D eigenvalue weighted by Crippen LogP contribution is 2.17. The highest BCUT2D eigenvalue weighted by Gasteiger charge is 2.26. The molecular weight excluding hydrogens is 266 g/mol. The Kier molecular flexibility index (Phi) is 6.30. The summed E-state index contributed by atoms with van der Waals surface area (Å²) < 4.78 is 0. The van der Waals surface area contributed by atoms with Crippen LogP contribution < -0.4 is 5.32 Å². The van der Waals surface area contributed by atoms with E-state index in [0.29, 0.717) is 18.5 Å². The van der Waals surface area contributed by atoms with Gasteiger partial charge >= 0.3 is 6.03 Å². The summed E-state index contributed by atoms with van der Waals surface area (Å²) in [6.45, 7) is 9.56. The van der Waals surface area contributed by atoms with E-state index in [4.69, 9.17) is 0 Å². The van der Waals surface area contributed by atoms with Crippen molar-refractivity contribution < 1.29 is 9.90 Å². The van der Waals surface area contributed by atoms with Crippen LogP contribution in [0.15, 0.2) is 0 Å². The second-order valence-corrected chi connectivity index (χ2v) is 7.06. The van der Waals surface area contributed by atoms with Gasteiger partial charge in [-0.2, -0.15) is 0 Å². The lowest BCUT2D eigenvalue weighted by molar-refractivity contribution is 0.123. The van der Waals surface area contributed by atoms with Crippen LogP contribution in [0.2, 0.25) is 0 Å². The number of piperidine rings is 2. The molecule has 122 valence electrons. The molecule has 2 aliphatic rings. The van der Waals surface area contributed by atoms with E-state index in [1.54, 1.807) is 0 Å². The number of hydrogen-bond acceptors (Lipinski definition) is 3. The number of nitrogens with zero attached hydrogens (tertiary/aromatic N) is 2. The maximum Gasteiger partial charge on any atom is 0.317 e. The molecule has 0 aromatic carbocycles. The number of aliphatic hydroxyl groups excluding tert-OH is 1. The van der Waals surface area contributed by atoms with Crippen molar-refractivity contribution in [2.24, 2.45) is 11.8 Å². The van der Waals surface area contributed by atoms with Crippen molar-refractivity contribution in [3.05, 3.63) is 0 Å². The van der Waals surface area contributed by atoms with Crippen LogP contribution in [-0.2, 0) is 0 Å². The summed E-state index contributed by atoms with van der Waals surface area (Å²) in [5.74, 6) is 0.970. The van der Waals surface area contributed by atoms with Gasteiger partial charge in [0.05, 0.1) is 0 Å². The van der Waals surface area contributed by atoms with E-state index in [0.717, 1.165) is 51.9 Å². The number of nitrogens with one attached hydrogen (secondary N) is 1. The van der Waals surface area contributed by atoms with E-state index in [2.05, 4.69) is 24.1 Å². The lowest BCUT2D eigenvalue weighted by atomic mass is 9.99. The minimum atomic E-state index is 0.0652. The van der Waals surface area contributed by atoms with Gasteiger partial charge in [0.2, 0.25) is 0 Å². The molecule has 5 nitrogen and oxygen atoms in total. The van der Waals surface area contributed by atoms with Crippen LogP contribution in [0, 0.1) is 11.8 Å². The summed E-state index contributed by atoms with van der Waals surface area (Å²) in [4.78, 5) is 16.7. The minimum absolute atomic E-state index is 0.0652. The summed E-state index contributed by atoms with van der Waals surface area (Å²) in [5, 5.41) is 12.4. The first-order chi connectivity index (χ1) is 10.1. The molecule has 2 saturated heterocycles. The number of aliphatic hydroxyl groups is 1. The number of hydrogen-bond donors (Lipinski definition) is 2. The van der Waals surface area contributed by atoms with Crippen LogP contribution in [0.3, 0.4) is 0 Å². The molecule has 2 fully saturated rings. The topological polar surface area (TPSA) is 55.8 Å². The Morgan fingerprint density at radius 3 is 2.57 bits per heavy atom. The molecule has 21 heavy (non-hydrogen) atoms. The molecule has 1 atom stereocenters. The molecule has 2 amide bonds. The fourth-order valence-corrected chi connectivity index (χ4v) is 3.44. The third-order valence-corrected chi connectivity index (χ3v) is 4.60. The van der Waals surface area contributed by atoms with Crippen molar-refractivity contribution in [3.63, 3.8) is 0 Å². The molecule has 0 aliphatic carbocycles. The average molecular weight is 297 g/mol. The predicted molar refractivity (Wildman–Crippen MR) is 84.2 cm³/mol. The molecule has 0 radical (unpaired) electrons. The normalized spacial score (nSPS) is 25.3. The summed E-state index contributed by atoms with van der Waals surface area (Å²) in [5.41, 5.74) is 0. The largest absolute Gasteiger partial charge is 0.396 e. The van der Waals surface area contributed by atoms with Crippen molar-refractivity contribution in [2.75, 3.05) is 39.3 Å². The first-order valence-electron chi connectivity index (χ1n) is 8.47. The monoisotopic (exact) mass is 297 g/mol. The van der Waals surface area contributed by atoms with E-state index in [1.165, 1.54) is 0 Å². The average Bonchev–Trinajstić information content (AvgIpc) is 2.49. The lowest BCUT2D eigenvalue weighted by Crippen LogP contribution is -2.52. The van der Waals surface area contributed by atoms with Gasteiger partial charge in [0, 0.05) is 45.4 Å². The van der Waals surface area contributed by atoms with Crippen LogP contribution in [0.1, 0.15) is 39.5 Å². The van der Waals surface area contributed by atoms with Crippen LogP contribution in [0.5, 0.6) is 0 Å². The molecule has 0 aromatic rings. The number of carbonyl (C=O) groups is 1. The van der Waals surface area contributed by atoms with Crippen molar-refractivity contribution in [2.45, 2.75) is 45.6 Å². The van der Waals surface area contributed by atoms with Gasteiger partial charge < -0.3 is 20.2 Å². The van der Waals surface area contributed by atoms with Crippen molar-refractivity contribution in [1.29, 1.82) is 0 Å². The minimum Gasteiger partial charge on any atom is -0.396 e. The second-order valence-electron chi connectivity index (χ2n) is 7.06. The molecular formula is C16H31N3O2. The van der Waals surface area contributed by atoms with E-state index in [-0.39, 0.29) is 18.6 Å². The maximum absolute atomic E-state index is 12.3. The smallest absolute Gasteiger partial charge is 0.317 e. The van der Waals surface area contributed by atoms with Crippen molar-refractivity contribution >= 4 is 6.03 Å². The van der Waals surface area contributed by atoms with Crippen LogP contribution >= 0.6 is 0 Å². The molecule has 2 heterocycles. The number of amides is 2. The second kappa shape index (κ2) is 7.99. The van der Waals surface area contributed by atoms with Crippen LogP contribution in [0.4, 0.5) is 4.79 Å². The third kappa shape index (κ3) is 5.15. The van der Waals surface area contributed by atoms with Gasteiger partial charge in [0.25, 0.3) is 0 Å². The first kappa shape index (κ1) is 16.6. The fourth-order valence-electron chi connectivity index (χ4n) is 3.44. The van der Waals surface area contributed by atoms with Gasteiger partial charge in [-0.15, -0.1) is 0 Å². The maximum atomic E-state index is 12.3. The first-order valence-corrected chi connectivity index (χ1v) is 8.47. The summed E-state index contributed by atoms with van der Waals surface area (Å²) in [7, 11) is 0. The molecule has 0 aromatic heterocycles. The summed E-state index contributed by atoms with van der Waals surface area (Å²) in [6, 6.07) is 0.380. The van der Waals surface area contributed by atoms with Gasteiger partial charge in [0.15, 0.2) is 0 Å². The SMILES string of the molecule is CC(C)CN1CCC(NC(=O)N2CCCC(CO)C2)CC1. The number of urea groups is 1. The highest BCUT2D eigenvalue weighted by molar-refractivity contribution is 5.74. The highest BCUT2D eigenvalue weighted by atomic mass is 16.3. The van der Waals surface area contributed by atoms with Crippen LogP contribution in [0.25, 0.3) is 0 Å². The van der Waals surface area contributed by atoms with E-state index in [1.807, 2.05) is 4.90 Å². The van der Waals surface area contributed by atoms with E-state index >= 15 is 0 Å². The van der Waals surface area contributed by atoms with Crippen molar-refractivity contribution in [1.82, 2.24) is 15.1 Å². The molecule has 0 spiro atoms. The molecule has 0 saturated carbocycles. The Hall–Kier alpha value is -0.810. The van der Waals surface area contributed by atoms with E-state index < -0.39 is 0 Å². The zero-order chi connectivity index (χ0) is 15.2. The molecule has 1 unspecified atom stereocenters. The Balaban J connectivity index is 1.71. The summed E-state index contributed by atoms with van der Waals surface area (Å²) >= 11 is 0. The third-order valence-electron chi connectivity index (χ3n) is 4.60. The summed E-state index contributed by atoms with van der Waals surface area (Å²) in [6.07, 6.45) is 4.14. The quantitative estimate of drug-likeness (QED) is 0.827. The van der Waals surface area contributed by atoms with Gasteiger partial charge in [0.1, 0.15) is 0 Å². The molecule has 0 bridgehead atoms. The van der Waals surface area contributed by atoms with Gasteiger partial charge in [-0.05, 0) is 37.5 Å². The number of carbonyl (C=O) groups excluding carboxylic acids is 1. The van der Waals surface area contributed by atoms with Gasteiger partial charge in [-0.3, -0.25) is 0 Å². The zero-order valence-corrected chi connectivity index (χ0v) is 13.6. The predicted octanol–water partition coefficient (Wildman–Crippen LogP) is 1.52. The van der Waals surface area contributed by atoms with Gasteiger partial charge in [-0.25, -0.2) is 4.79 Å². The Labute approximate surface area is 128 Å². The number of rotatable bonds is 4. The van der Waals surface area contributed by atoms with Gasteiger partial charge in [-0.1, -0.05) is 13.8 Å². The molecule has 2 aliphatic heterocycles. The Morgan fingerprint density at radius 1 is 1.24 bits per heavy atom. The zero-order valence-electron chi connectivity index (χ0n) is 13.6. The molecule has 2 rings (SSSR count). The Morgan fingerprint density at radius 2 is 1.95 bits per heavy atom. The fraction of sp³-hybridized carbons (Fsp3) is 0.938. The Bertz CT molecular complexity index is 327. The van der Waals surface area contributed by atoms with Crippen LogP contribution in [-0.4, -0.2) is 66.3 Å². The molecule has 5 heteroatoms. The van der Waals surface area contributed by atoms with E-state index in [9.17, 15) is 9.90 Å². The number of likely N-dealkylation sites (tertiary alicyclic amines) is 2. The molecule has 2 N–H and O–H groups in total. The van der Waals surface area contributed by atoms with Crippen molar-refractivity contribution in [3.8, 4) is 0 Å².